The number of hydrogen-bond acceptors (Lipinski definition) is 6. The zero-order valence-corrected chi connectivity index (χ0v) is 25.9. The average Bonchev–Trinajstić information content (AvgIpc) is 3.30. The van der Waals surface area contributed by atoms with Gasteiger partial charge in [0.15, 0.2) is 4.77 Å². The molecule has 2 N–H and O–H groups in total. The van der Waals surface area contributed by atoms with E-state index < -0.39 is 0 Å². The van der Waals surface area contributed by atoms with Crippen molar-refractivity contribution >= 4 is 12.2 Å². The molecule has 0 radical (unpaired) electrons. The predicted molar refractivity (Wildman–Crippen MR) is 158 cm³/mol. The fourth-order valence-corrected chi connectivity index (χ4v) is 5.22. The van der Waals surface area contributed by atoms with E-state index in [2.05, 4.69) is 27.7 Å². The van der Waals surface area contributed by atoms with Gasteiger partial charge in [-0.15, -0.1) is 0 Å². The van der Waals surface area contributed by atoms with Crippen molar-refractivity contribution in [2.75, 3.05) is 26.4 Å². The number of imidazole rings is 2. The van der Waals surface area contributed by atoms with Gasteiger partial charge < -0.3 is 24.3 Å². The lowest BCUT2D eigenvalue weighted by atomic mass is 9.87. The molecule has 9 nitrogen and oxygen atoms in total. The third-order valence-electron chi connectivity index (χ3n) is 7.26. The molecule has 224 valence electrons. The Morgan fingerprint density at radius 1 is 0.718 bits per heavy atom. The summed E-state index contributed by atoms with van der Waals surface area (Å²) in [4.78, 5) is 12.3. The van der Waals surface area contributed by atoms with Gasteiger partial charge in [-0.1, -0.05) is 40.5 Å². The van der Waals surface area contributed by atoms with Crippen molar-refractivity contribution in [3.63, 3.8) is 0 Å². The lowest BCUT2D eigenvalue weighted by Crippen LogP contribution is -2.29. The maximum atomic E-state index is 12.3. The van der Waals surface area contributed by atoms with Crippen molar-refractivity contribution in [3.8, 4) is 11.8 Å². The van der Waals surface area contributed by atoms with Gasteiger partial charge >= 0.3 is 5.69 Å². The Labute approximate surface area is 239 Å². The Morgan fingerprint density at radius 3 is 1.62 bits per heavy atom. The van der Waals surface area contributed by atoms with Crippen LogP contribution in [-0.4, -0.2) is 54.9 Å². The Bertz CT molecular complexity index is 1030. The second-order valence-corrected chi connectivity index (χ2v) is 12.5. The molecule has 39 heavy (non-hydrogen) atoms. The first-order valence-electron chi connectivity index (χ1n) is 14.5. The van der Waals surface area contributed by atoms with Gasteiger partial charge in [-0.3, -0.25) is 13.7 Å². The first-order chi connectivity index (χ1) is 18.4. The van der Waals surface area contributed by atoms with Gasteiger partial charge in [0.1, 0.15) is 0 Å². The van der Waals surface area contributed by atoms with Gasteiger partial charge in [0, 0.05) is 52.6 Å². The Kier molecular flexibility index (Phi) is 13.3. The average molecular weight is 569 g/mol. The number of nitrogens with zero attached hydrogens (tertiary/aromatic N) is 4. The smallest absolute Gasteiger partial charge is 0.331 e. The molecule has 0 aliphatic heterocycles. The molecule has 2 rings (SSSR count). The molecule has 0 saturated carbocycles. The molecular weight excluding hydrogens is 516 g/mol. The van der Waals surface area contributed by atoms with Crippen LogP contribution >= 0.6 is 12.2 Å². The summed E-state index contributed by atoms with van der Waals surface area (Å²) >= 11 is 5.48. The molecule has 2 heterocycles. The highest BCUT2D eigenvalue weighted by atomic mass is 32.1. The third-order valence-corrected chi connectivity index (χ3v) is 7.72. The van der Waals surface area contributed by atoms with E-state index >= 15 is 0 Å². The standard InChI is InChI=1S/C29H52N4O5S/c1-7-30-20-24(34)32(26(30)36)22-28(3,4)14-9-11-16-37-18-13-19-38-17-12-10-15-29(5,6)23-33-25(35)21-31(8-2)27(33)39/h20-21,34-35H,7-19,22-23H2,1-6H3. The monoisotopic (exact) mass is 568 g/mol. The van der Waals surface area contributed by atoms with Gasteiger partial charge in [0.25, 0.3) is 0 Å². The molecule has 0 aliphatic carbocycles. The van der Waals surface area contributed by atoms with E-state index in [1.807, 2.05) is 23.0 Å². The van der Waals surface area contributed by atoms with E-state index in [0.29, 0.717) is 37.6 Å². The van der Waals surface area contributed by atoms with Crippen LogP contribution in [0.1, 0.15) is 86.5 Å². The van der Waals surface area contributed by atoms with Gasteiger partial charge in [0.05, 0.1) is 12.4 Å². The Morgan fingerprint density at radius 2 is 1.15 bits per heavy atom. The van der Waals surface area contributed by atoms with Crippen LogP contribution in [0.4, 0.5) is 0 Å². The number of rotatable bonds is 20. The zero-order valence-electron chi connectivity index (χ0n) is 25.1. The number of unbranched alkanes of at least 4 members (excludes halogenated alkanes) is 2. The van der Waals surface area contributed by atoms with Crippen LogP contribution in [0.5, 0.6) is 11.8 Å². The van der Waals surface area contributed by atoms with Crippen LogP contribution in [0.3, 0.4) is 0 Å². The van der Waals surface area contributed by atoms with Crippen LogP contribution in [0.25, 0.3) is 0 Å². The topological polar surface area (TPSA) is 95.7 Å². The first kappa shape index (κ1) is 33.2. The summed E-state index contributed by atoms with van der Waals surface area (Å²) in [6.45, 7) is 18.0. The molecule has 2 aromatic heterocycles. The molecule has 0 bridgehead atoms. The van der Waals surface area contributed by atoms with Gasteiger partial charge in [0.2, 0.25) is 11.8 Å². The van der Waals surface area contributed by atoms with Crippen molar-refractivity contribution in [3.05, 3.63) is 27.6 Å². The number of hydrogen-bond donors (Lipinski definition) is 2. The number of aromatic nitrogens is 4. The minimum absolute atomic E-state index is 0.0365. The summed E-state index contributed by atoms with van der Waals surface area (Å²) in [5, 5.41) is 20.3. The molecule has 0 aliphatic rings. The quantitative estimate of drug-likeness (QED) is 0.151. The minimum atomic E-state index is -0.150. The van der Waals surface area contributed by atoms with Crippen molar-refractivity contribution < 1.29 is 19.7 Å². The summed E-state index contributed by atoms with van der Waals surface area (Å²) in [6, 6.07) is 0. The normalized spacial score (nSPS) is 12.5. The minimum Gasteiger partial charge on any atom is -0.493 e. The molecule has 2 aromatic rings. The van der Waals surface area contributed by atoms with Crippen molar-refractivity contribution in [1.82, 2.24) is 18.3 Å². The SMILES string of the molecule is CCn1cc(O)n(CC(C)(C)CCCCOCCCOCCCCC(C)(C)Cn2c(O)cn(CC)c2=S)c1=O. The second kappa shape index (κ2) is 15.7. The number of ether oxygens (including phenoxy) is 2. The second-order valence-electron chi connectivity index (χ2n) is 12.1. The Hall–Kier alpha value is -2.04. The van der Waals surface area contributed by atoms with E-state index in [-0.39, 0.29) is 28.3 Å². The highest BCUT2D eigenvalue weighted by Crippen LogP contribution is 2.29. The summed E-state index contributed by atoms with van der Waals surface area (Å²) in [5.74, 6) is 0.274. The molecule has 10 heteroatoms. The van der Waals surface area contributed by atoms with E-state index in [9.17, 15) is 15.0 Å². The number of aromatic hydroxyl groups is 2. The predicted octanol–water partition coefficient (Wildman–Crippen LogP) is 5.95. The van der Waals surface area contributed by atoms with Gasteiger partial charge in [-0.05, 0) is 69.0 Å². The van der Waals surface area contributed by atoms with E-state index in [0.717, 1.165) is 64.7 Å². The summed E-state index contributed by atoms with van der Waals surface area (Å²) < 4.78 is 19.0. The third kappa shape index (κ3) is 10.8. The van der Waals surface area contributed by atoms with E-state index in [4.69, 9.17) is 21.7 Å². The van der Waals surface area contributed by atoms with Gasteiger partial charge in [-0.2, -0.15) is 0 Å². The molecule has 0 fully saturated rings. The summed E-state index contributed by atoms with van der Waals surface area (Å²) in [5.41, 5.74) is -0.192. The lowest BCUT2D eigenvalue weighted by Gasteiger charge is -2.25. The van der Waals surface area contributed by atoms with Crippen LogP contribution in [0, 0.1) is 15.6 Å². The molecule has 0 atom stereocenters. The van der Waals surface area contributed by atoms with E-state index in [1.165, 1.54) is 15.3 Å². The largest absolute Gasteiger partial charge is 0.493 e. The highest BCUT2D eigenvalue weighted by Gasteiger charge is 2.22. The summed E-state index contributed by atoms with van der Waals surface area (Å²) in [6.07, 6.45) is 10.2. The summed E-state index contributed by atoms with van der Waals surface area (Å²) in [7, 11) is 0. The maximum Gasteiger partial charge on any atom is 0.331 e. The maximum absolute atomic E-state index is 12.3. The van der Waals surface area contributed by atoms with Crippen LogP contribution in [0.15, 0.2) is 17.2 Å². The molecule has 0 aromatic carbocycles. The van der Waals surface area contributed by atoms with Crippen LogP contribution in [0.2, 0.25) is 0 Å². The molecule has 0 saturated heterocycles. The molecule has 0 unspecified atom stereocenters. The van der Waals surface area contributed by atoms with Crippen LogP contribution in [-0.2, 0) is 35.7 Å². The zero-order chi connectivity index (χ0) is 29.1. The highest BCUT2D eigenvalue weighted by molar-refractivity contribution is 7.71. The molecule has 0 amide bonds. The van der Waals surface area contributed by atoms with Crippen molar-refractivity contribution in [1.29, 1.82) is 0 Å². The fraction of sp³-hybridized carbons (Fsp3) is 0.793. The van der Waals surface area contributed by atoms with Crippen molar-refractivity contribution in [2.24, 2.45) is 10.8 Å². The molecular formula is C29H52N4O5S. The van der Waals surface area contributed by atoms with Gasteiger partial charge in [-0.25, -0.2) is 4.79 Å². The number of aryl methyl sites for hydroxylation is 2. The van der Waals surface area contributed by atoms with Crippen LogP contribution < -0.4 is 5.69 Å². The molecule has 0 spiro atoms. The lowest BCUT2D eigenvalue weighted by molar-refractivity contribution is 0.0773. The van der Waals surface area contributed by atoms with Crippen molar-refractivity contribution in [2.45, 2.75) is 113 Å². The van der Waals surface area contributed by atoms with E-state index in [1.54, 1.807) is 6.20 Å². The Balaban J connectivity index is 1.48. The first-order valence-corrected chi connectivity index (χ1v) is 14.9. The fourth-order valence-electron chi connectivity index (χ4n) is 4.88.